The van der Waals surface area contributed by atoms with E-state index in [2.05, 4.69) is 10.1 Å². The molecule has 0 aromatic heterocycles. The van der Waals surface area contributed by atoms with Gasteiger partial charge in [-0.25, -0.2) is 8.42 Å². The number of carbonyl (C=O) groups is 1. The van der Waals surface area contributed by atoms with Gasteiger partial charge in [0, 0.05) is 31.9 Å². The number of halogens is 2. The molecule has 25 heavy (non-hydrogen) atoms. The fraction of sp³-hybridized carbons (Fsp3) is 0.533. The number of rotatable bonds is 6. The summed E-state index contributed by atoms with van der Waals surface area (Å²) < 4.78 is 52.8. The predicted octanol–water partition coefficient (Wildman–Crippen LogP) is 1.19. The SMILES string of the molecule is CC(C(=O)Nc1ccc(OC(F)F)cc1)N1CCN(S(C)(=O)=O)CC1. The van der Waals surface area contributed by atoms with E-state index in [-0.39, 0.29) is 11.7 Å². The van der Waals surface area contributed by atoms with E-state index >= 15 is 0 Å². The molecule has 10 heteroatoms. The van der Waals surface area contributed by atoms with Gasteiger partial charge in [-0.1, -0.05) is 0 Å². The van der Waals surface area contributed by atoms with Gasteiger partial charge in [0.2, 0.25) is 15.9 Å². The fourth-order valence-electron chi connectivity index (χ4n) is 2.55. The van der Waals surface area contributed by atoms with Crippen LogP contribution in [0, 0.1) is 0 Å². The number of nitrogens with one attached hydrogen (secondary N) is 1. The van der Waals surface area contributed by atoms with Crippen molar-refractivity contribution in [2.45, 2.75) is 19.6 Å². The van der Waals surface area contributed by atoms with Crippen LogP contribution in [0.2, 0.25) is 0 Å². The van der Waals surface area contributed by atoms with Gasteiger partial charge in [-0.2, -0.15) is 13.1 Å². The number of carbonyl (C=O) groups excluding carboxylic acids is 1. The number of benzene rings is 1. The van der Waals surface area contributed by atoms with Crippen LogP contribution < -0.4 is 10.1 Å². The minimum atomic E-state index is -3.22. The molecule has 1 fully saturated rings. The molecule has 0 aliphatic carbocycles. The van der Waals surface area contributed by atoms with Gasteiger partial charge >= 0.3 is 6.61 Å². The summed E-state index contributed by atoms with van der Waals surface area (Å²) in [6.45, 7) is 0.448. The molecule has 1 aliphatic rings. The third kappa shape index (κ3) is 5.62. The number of amides is 1. The van der Waals surface area contributed by atoms with E-state index in [1.807, 2.05) is 4.90 Å². The Morgan fingerprint density at radius 2 is 1.72 bits per heavy atom. The van der Waals surface area contributed by atoms with Crippen molar-refractivity contribution in [2.24, 2.45) is 0 Å². The molecule has 1 N–H and O–H groups in total. The molecule has 0 spiro atoms. The van der Waals surface area contributed by atoms with Gasteiger partial charge in [-0.3, -0.25) is 9.69 Å². The quantitative estimate of drug-likeness (QED) is 0.806. The molecule has 1 amide bonds. The molecule has 1 saturated heterocycles. The summed E-state index contributed by atoms with van der Waals surface area (Å²) >= 11 is 0. The lowest BCUT2D eigenvalue weighted by Crippen LogP contribution is -2.53. The lowest BCUT2D eigenvalue weighted by atomic mass is 10.2. The number of piperazine rings is 1. The van der Waals surface area contributed by atoms with Gasteiger partial charge in [0.05, 0.1) is 12.3 Å². The van der Waals surface area contributed by atoms with E-state index in [4.69, 9.17) is 0 Å². The molecular weight excluding hydrogens is 356 g/mol. The van der Waals surface area contributed by atoms with Gasteiger partial charge in [-0.15, -0.1) is 0 Å². The van der Waals surface area contributed by atoms with Crippen molar-refractivity contribution >= 4 is 21.6 Å². The van der Waals surface area contributed by atoms with Gasteiger partial charge in [-0.05, 0) is 31.2 Å². The molecule has 1 heterocycles. The van der Waals surface area contributed by atoms with Crippen LogP contribution in [0.4, 0.5) is 14.5 Å². The number of sulfonamides is 1. The second-order valence-electron chi connectivity index (χ2n) is 5.77. The van der Waals surface area contributed by atoms with Crippen molar-refractivity contribution in [3.63, 3.8) is 0 Å². The summed E-state index contributed by atoms with van der Waals surface area (Å²) in [4.78, 5) is 14.2. The maximum atomic E-state index is 12.3. The molecule has 0 radical (unpaired) electrons. The first-order chi connectivity index (χ1) is 11.7. The van der Waals surface area contributed by atoms with Crippen LogP contribution in [0.25, 0.3) is 0 Å². The van der Waals surface area contributed by atoms with Crippen LogP contribution in [-0.4, -0.2) is 68.6 Å². The minimum absolute atomic E-state index is 0.0120. The van der Waals surface area contributed by atoms with Gasteiger partial charge in [0.1, 0.15) is 5.75 Å². The minimum Gasteiger partial charge on any atom is -0.435 e. The summed E-state index contributed by atoms with van der Waals surface area (Å²) in [5.74, 6) is -0.242. The van der Waals surface area contributed by atoms with E-state index in [9.17, 15) is 22.0 Å². The topological polar surface area (TPSA) is 79.0 Å². The summed E-state index contributed by atoms with van der Waals surface area (Å²) in [7, 11) is -3.22. The Bertz CT molecular complexity index is 689. The van der Waals surface area contributed by atoms with Crippen LogP contribution in [0.1, 0.15) is 6.92 Å². The Morgan fingerprint density at radius 3 is 2.20 bits per heavy atom. The molecule has 2 rings (SSSR count). The van der Waals surface area contributed by atoms with Crippen molar-refractivity contribution in [1.29, 1.82) is 0 Å². The highest BCUT2D eigenvalue weighted by atomic mass is 32.2. The second-order valence-corrected chi connectivity index (χ2v) is 7.75. The van der Waals surface area contributed by atoms with Gasteiger partial charge in [0.15, 0.2) is 0 Å². The molecule has 1 aromatic carbocycles. The average Bonchev–Trinajstić information content (AvgIpc) is 2.55. The number of anilines is 1. The van der Waals surface area contributed by atoms with Gasteiger partial charge < -0.3 is 10.1 Å². The second kappa shape index (κ2) is 8.07. The van der Waals surface area contributed by atoms with E-state index in [0.29, 0.717) is 31.9 Å². The van der Waals surface area contributed by atoms with Crippen molar-refractivity contribution in [1.82, 2.24) is 9.21 Å². The Labute approximate surface area is 145 Å². The van der Waals surface area contributed by atoms with Crippen molar-refractivity contribution in [3.05, 3.63) is 24.3 Å². The standard InChI is InChI=1S/C15H21F2N3O4S/c1-11(19-7-9-20(10-8-19)25(2,22)23)14(21)18-12-3-5-13(6-4-12)24-15(16)17/h3-6,11,15H,7-10H2,1-2H3,(H,18,21). The highest BCUT2D eigenvalue weighted by Crippen LogP contribution is 2.18. The first-order valence-electron chi connectivity index (χ1n) is 7.72. The first-order valence-corrected chi connectivity index (χ1v) is 9.56. The maximum absolute atomic E-state index is 12.3. The predicted molar refractivity (Wildman–Crippen MR) is 89.2 cm³/mol. The summed E-state index contributed by atoms with van der Waals surface area (Å²) in [6.07, 6.45) is 1.17. The van der Waals surface area contributed by atoms with Crippen LogP contribution >= 0.6 is 0 Å². The van der Waals surface area contributed by atoms with E-state index in [1.165, 1.54) is 34.8 Å². The van der Waals surface area contributed by atoms with E-state index < -0.39 is 22.7 Å². The largest absolute Gasteiger partial charge is 0.435 e. The zero-order chi connectivity index (χ0) is 18.6. The number of nitrogens with zero attached hydrogens (tertiary/aromatic N) is 2. The summed E-state index contributed by atoms with van der Waals surface area (Å²) in [5, 5.41) is 2.71. The Hall–Kier alpha value is -1.78. The number of ether oxygens (including phenoxy) is 1. The highest BCUT2D eigenvalue weighted by molar-refractivity contribution is 7.88. The molecule has 140 valence electrons. The van der Waals surface area contributed by atoms with Crippen LogP contribution in [0.3, 0.4) is 0 Å². The van der Waals surface area contributed by atoms with Crippen LogP contribution in [-0.2, 0) is 14.8 Å². The molecule has 1 aromatic rings. The lowest BCUT2D eigenvalue weighted by molar-refractivity contribution is -0.121. The zero-order valence-corrected chi connectivity index (χ0v) is 14.8. The Morgan fingerprint density at radius 1 is 1.16 bits per heavy atom. The molecule has 1 unspecified atom stereocenters. The fourth-order valence-corrected chi connectivity index (χ4v) is 3.38. The monoisotopic (exact) mass is 377 g/mol. The third-order valence-corrected chi connectivity index (χ3v) is 5.32. The first kappa shape index (κ1) is 19.5. The van der Waals surface area contributed by atoms with Crippen LogP contribution in [0.5, 0.6) is 5.75 Å². The highest BCUT2D eigenvalue weighted by Gasteiger charge is 2.28. The molecule has 0 bridgehead atoms. The molecule has 1 atom stereocenters. The number of hydrogen-bond acceptors (Lipinski definition) is 5. The summed E-state index contributed by atoms with van der Waals surface area (Å²) in [5.41, 5.74) is 0.466. The third-order valence-electron chi connectivity index (χ3n) is 4.02. The van der Waals surface area contributed by atoms with Crippen LogP contribution in [0.15, 0.2) is 24.3 Å². The van der Waals surface area contributed by atoms with Crippen molar-refractivity contribution in [2.75, 3.05) is 37.8 Å². The molecule has 1 aliphatic heterocycles. The Kier molecular flexibility index (Phi) is 6.31. The molecule has 0 saturated carbocycles. The summed E-state index contributed by atoms with van der Waals surface area (Å²) in [6, 6.07) is 5.20. The zero-order valence-electron chi connectivity index (χ0n) is 14.0. The molecular formula is C15H21F2N3O4S. The normalized spacial score (nSPS) is 18.1. The Balaban J connectivity index is 1.88. The van der Waals surface area contributed by atoms with E-state index in [1.54, 1.807) is 6.92 Å². The average molecular weight is 377 g/mol. The van der Waals surface area contributed by atoms with Crippen molar-refractivity contribution in [3.8, 4) is 5.75 Å². The lowest BCUT2D eigenvalue weighted by Gasteiger charge is -2.36. The van der Waals surface area contributed by atoms with E-state index in [0.717, 1.165) is 0 Å². The number of hydrogen-bond donors (Lipinski definition) is 1. The smallest absolute Gasteiger partial charge is 0.387 e. The van der Waals surface area contributed by atoms with Crippen molar-refractivity contribution < 1.29 is 26.7 Å². The number of alkyl halides is 2. The molecule has 7 nitrogen and oxygen atoms in total. The van der Waals surface area contributed by atoms with Gasteiger partial charge in [0.25, 0.3) is 0 Å². The maximum Gasteiger partial charge on any atom is 0.387 e.